The highest BCUT2D eigenvalue weighted by atomic mass is 16.5. The fourth-order valence-corrected chi connectivity index (χ4v) is 7.02. The molecule has 1 aromatic carbocycles. The van der Waals surface area contributed by atoms with Crippen molar-refractivity contribution in [3.05, 3.63) is 77.5 Å². The number of carboxylic acids is 1. The summed E-state index contributed by atoms with van der Waals surface area (Å²) in [5.74, 6) is -0.826. The number of rotatable bonds is 10. The van der Waals surface area contributed by atoms with Crippen LogP contribution in [0.25, 0.3) is 28.4 Å². The second-order valence-electron chi connectivity index (χ2n) is 12.1. The molecular weight excluding hydrogens is 582 g/mol. The molecule has 0 unspecified atom stereocenters. The average molecular weight is 622 g/mol. The normalized spacial score (nSPS) is 16.2. The van der Waals surface area contributed by atoms with E-state index in [1.165, 1.54) is 24.5 Å². The zero-order valence-corrected chi connectivity index (χ0v) is 26.2. The average Bonchev–Trinajstić information content (AvgIpc) is 3.82. The van der Waals surface area contributed by atoms with Crippen molar-refractivity contribution in [2.45, 2.75) is 69.7 Å². The number of amides is 2. The van der Waals surface area contributed by atoms with Crippen LogP contribution in [-0.2, 0) is 16.6 Å². The van der Waals surface area contributed by atoms with Crippen molar-refractivity contribution in [3.63, 3.8) is 0 Å². The van der Waals surface area contributed by atoms with E-state index in [2.05, 4.69) is 25.2 Å². The summed E-state index contributed by atoms with van der Waals surface area (Å²) in [5, 5.41) is 16.1. The number of aliphatic carboxylic acids is 1. The third-order valence-electron chi connectivity index (χ3n) is 9.24. The first-order valence-corrected chi connectivity index (χ1v) is 16.0. The van der Waals surface area contributed by atoms with Gasteiger partial charge in [-0.15, -0.1) is 0 Å². The largest absolute Gasteiger partial charge is 0.478 e. The molecule has 0 spiro atoms. The summed E-state index contributed by atoms with van der Waals surface area (Å²) in [6.07, 6.45) is 11.5. The van der Waals surface area contributed by atoms with Crippen LogP contribution >= 0.6 is 0 Å². The molecule has 2 fully saturated rings. The maximum absolute atomic E-state index is 13.8. The number of carbonyl (C=O) groups excluding carboxylic acids is 2. The molecule has 10 nitrogen and oxygen atoms in total. The van der Waals surface area contributed by atoms with E-state index in [1.54, 1.807) is 19.1 Å². The van der Waals surface area contributed by atoms with Crippen molar-refractivity contribution in [2.75, 3.05) is 11.9 Å². The fourth-order valence-electron chi connectivity index (χ4n) is 7.02. The van der Waals surface area contributed by atoms with Crippen LogP contribution in [-0.4, -0.2) is 49.6 Å². The van der Waals surface area contributed by atoms with Gasteiger partial charge in [-0.05, 0) is 86.6 Å². The first kappa shape index (κ1) is 31.0. The van der Waals surface area contributed by atoms with Crippen LogP contribution in [0.3, 0.4) is 0 Å². The van der Waals surface area contributed by atoms with Crippen molar-refractivity contribution < 1.29 is 24.2 Å². The lowest BCUT2D eigenvalue weighted by Gasteiger charge is -2.29. The van der Waals surface area contributed by atoms with Crippen molar-refractivity contribution in [3.8, 4) is 17.3 Å². The number of hydrogen-bond donors (Lipinski definition) is 3. The number of nitrogens with zero attached hydrogens (tertiary/aromatic N) is 3. The Kier molecular flexibility index (Phi) is 8.87. The van der Waals surface area contributed by atoms with Gasteiger partial charge < -0.3 is 25.0 Å². The van der Waals surface area contributed by atoms with Crippen LogP contribution < -0.4 is 15.4 Å². The maximum Gasteiger partial charge on any atom is 0.328 e. The maximum atomic E-state index is 13.8. The highest BCUT2D eigenvalue weighted by molar-refractivity contribution is 6.05. The second-order valence-corrected chi connectivity index (χ2v) is 12.1. The van der Waals surface area contributed by atoms with E-state index in [1.807, 2.05) is 49.6 Å². The molecule has 238 valence electrons. The Morgan fingerprint density at radius 1 is 1.07 bits per heavy atom. The molecular formula is C36H39N5O5. The Balaban J connectivity index is 1.28. The molecule has 4 aromatic rings. The van der Waals surface area contributed by atoms with E-state index < -0.39 is 11.5 Å². The summed E-state index contributed by atoms with van der Waals surface area (Å²) < 4.78 is 7.75. The fraction of sp³-hybridized carbons (Fsp3) is 0.361. The Labute approximate surface area is 267 Å². The molecule has 3 heterocycles. The highest BCUT2D eigenvalue weighted by Crippen LogP contribution is 2.44. The smallest absolute Gasteiger partial charge is 0.328 e. The number of ether oxygens (including phenoxy) is 1. The molecule has 6 rings (SSSR count). The second kappa shape index (κ2) is 13.2. The van der Waals surface area contributed by atoms with Gasteiger partial charge in [-0.2, -0.15) is 4.98 Å². The molecule has 46 heavy (non-hydrogen) atoms. The van der Waals surface area contributed by atoms with Gasteiger partial charge in [0.05, 0.1) is 18.0 Å². The van der Waals surface area contributed by atoms with Gasteiger partial charge in [0.1, 0.15) is 11.4 Å². The van der Waals surface area contributed by atoms with Gasteiger partial charge in [0.25, 0.3) is 11.8 Å². The van der Waals surface area contributed by atoms with Gasteiger partial charge in [-0.25, -0.2) is 4.79 Å². The van der Waals surface area contributed by atoms with Gasteiger partial charge in [-0.1, -0.05) is 37.8 Å². The predicted octanol–water partition coefficient (Wildman–Crippen LogP) is 6.47. The number of hydrogen-bond acceptors (Lipinski definition) is 6. The number of nitrogens with one attached hydrogen (secondary N) is 2. The Bertz CT molecular complexity index is 1800. The third-order valence-corrected chi connectivity index (χ3v) is 9.24. The molecule has 2 saturated carbocycles. The minimum Gasteiger partial charge on any atom is -0.478 e. The van der Waals surface area contributed by atoms with Crippen molar-refractivity contribution in [2.24, 2.45) is 7.05 Å². The summed E-state index contributed by atoms with van der Waals surface area (Å²) in [7, 11) is 2.03. The molecule has 3 N–H and O–H groups in total. The van der Waals surface area contributed by atoms with E-state index >= 15 is 0 Å². The molecule has 0 radical (unpaired) electrons. The standard InChI is InChI=1S/C36H39N5O5/c1-3-46-34-24(15-18-30(42)43)14-17-29(38-34)39-35(45)36(19-7-8-20-36)40-33(44)25-13-16-26-28(22-25)41(2)32(27-12-6-9-21-37-27)31(26)23-10-4-5-11-23/h6,9,12-18,21-23H,3-5,7-8,10-11,19-20H2,1-2H3,(H,40,44)(H,42,43)(H,38,39,45)/b18-15+. The Morgan fingerprint density at radius 2 is 1.85 bits per heavy atom. The monoisotopic (exact) mass is 621 g/mol. The summed E-state index contributed by atoms with van der Waals surface area (Å²) in [5.41, 5.74) is 4.15. The quantitative estimate of drug-likeness (QED) is 0.173. The van der Waals surface area contributed by atoms with Gasteiger partial charge in [0.15, 0.2) is 0 Å². The topological polar surface area (TPSA) is 135 Å². The lowest BCUT2D eigenvalue weighted by molar-refractivity contribution is -0.131. The molecule has 0 aliphatic heterocycles. The number of pyridine rings is 2. The highest BCUT2D eigenvalue weighted by Gasteiger charge is 2.43. The number of carboxylic acid groups (broad SMARTS) is 1. The SMILES string of the molecule is CCOc1nc(NC(=O)C2(NC(=O)c3ccc4c(C5CCCC5)c(-c5ccccn5)n(C)c4c3)CCCC2)ccc1/C=C/C(=O)O. The van der Waals surface area contributed by atoms with Crippen LogP contribution in [0.5, 0.6) is 5.88 Å². The predicted molar refractivity (Wildman–Crippen MR) is 177 cm³/mol. The van der Waals surface area contributed by atoms with Crippen molar-refractivity contribution >= 4 is 40.6 Å². The van der Waals surface area contributed by atoms with Gasteiger partial charge in [0.2, 0.25) is 5.88 Å². The first-order chi connectivity index (χ1) is 22.3. The molecule has 2 aliphatic carbocycles. The summed E-state index contributed by atoms with van der Waals surface area (Å²) in [4.78, 5) is 47.7. The van der Waals surface area contributed by atoms with Gasteiger partial charge in [0, 0.05) is 41.4 Å². The number of aromatic nitrogens is 3. The molecule has 2 amide bonds. The number of fused-ring (bicyclic) bond motifs is 1. The zero-order chi connectivity index (χ0) is 32.3. The Hall–Kier alpha value is -4.99. The lowest BCUT2D eigenvalue weighted by Crippen LogP contribution is -2.55. The van der Waals surface area contributed by atoms with E-state index in [0.717, 1.165) is 54.1 Å². The van der Waals surface area contributed by atoms with E-state index in [-0.39, 0.29) is 23.5 Å². The van der Waals surface area contributed by atoms with Crippen LogP contribution in [0.2, 0.25) is 0 Å². The minimum atomic E-state index is -1.09. The molecule has 0 bridgehead atoms. The van der Waals surface area contributed by atoms with Crippen LogP contribution in [0.15, 0.2) is 60.8 Å². The number of carbonyl (C=O) groups is 3. The first-order valence-electron chi connectivity index (χ1n) is 16.0. The van der Waals surface area contributed by atoms with Crippen molar-refractivity contribution in [1.29, 1.82) is 0 Å². The van der Waals surface area contributed by atoms with Crippen LogP contribution in [0.4, 0.5) is 5.82 Å². The van der Waals surface area contributed by atoms with Gasteiger partial charge >= 0.3 is 5.97 Å². The van der Waals surface area contributed by atoms with Crippen molar-refractivity contribution in [1.82, 2.24) is 19.9 Å². The number of anilines is 1. The summed E-state index contributed by atoms with van der Waals surface area (Å²) in [6.45, 7) is 2.11. The van der Waals surface area contributed by atoms with E-state index in [4.69, 9.17) is 9.84 Å². The molecule has 0 saturated heterocycles. The van der Waals surface area contributed by atoms with E-state index in [9.17, 15) is 14.4 Å². The molecule has 0 atom stereocenters. The third kappa shape index (κ3) is 6.11. The van der Waals surface area contributed by atoms with Crippen LogP contribution in [0.1, 0.15) is 85.7 Å². The lowest BCUT2D eigenvalue weighted by atomic mass is 9.92. The molecule has 10 heteroatoms. The summed E-state index contributed by atoms with van der Waals surface area (Å²) >= 11 is 0. The minimum absolute atomic E-state index is 0.209. The van der Waals surface area contributed by atoms with Crippen LogP contribution in [0, 0.1) is 0 Å². The summed E-state index contributed by atoms with van der Waals surface area (Å²) in [6, 6.07) is 15.0. The molecule has 2 aliphatic rings. The van der Waals surface area contributed by atoms with E-state index in [0.29, 0.717) is 36.5 Å². The van der Waals surface area contributed by atoms with Gasteiger partial charge in [-0.3, -0.25) is 14.6 Å². The number of benzene rings is 1. The Morgan fingerprint density at radius 3 is 2.54 bits per heavy atom. The zero-order valence-electron chi connectivity index (χ0n) is 26.2. The molecule has 3 aromatic heterocycles. The number of aryl methyl sites for hydroxylation is 1.